The molecule has 2 aliphatic rings. The fourth-order valence-corrected chi connectivity index (χ4v) is 3.33. The molecule has 25 heavy (non-hydrogen) atoms. The molecule has 0 aliphatic carbocycles. The van der Waals surface area contributed by atoms with Crippen LogP contribution in [0.2, 0.25) is 0 Å². The summed E-state index contributed by atoms with van der Waals surface area (Å²) in [5, 5.41) is 39.8. The summed E-state index contributed by atoms with van der Waals surface area (Å²) in [7, 11) is 0. The lowest BCUT2D eigenvalue weighted by atomic mass is 9.89. The molecule has 2 saturated heterocycles. The van der Waals surface area contributed by atoms with Crippen molar-refractivity contribution in [2.75, 3.05) is 19.8 Å². The monoisotopic (exact) mass is 365 g/mol. The average molecular weight is 365 g/mol. The van der Waals surface area contributed by atoms with Gasteiger partial charge in [-0.2, -0.15) is 0 Å². The van der Waals surface area contributed by atoms with Crippen molar-refractivity contribution in [3.8, 4) is 0 Å². The highest BCUT2D eigenvalue weighted by atomic mass is 16.7. The maximum atomic E-state index is 10.6. The normalized spacial score (nSPS) is 48.5. The molecule has 9 nitrogen and oxygen atoms in total. The van der Waals surface area contributed by atoms with Crippen molar-refractivity contribution in [1.82, 2.24) is 0 Å². The molecule has 9 heteroatoms. The van der Waals surface area contributed by atoms with Gasteiger partial charge in [0, 0.05) is 18.4 Å². The molecule has 0 aromatic rings. The van der Waals surface area contributed by atoms with E-state index in [1.165, 1.54) is 0 Å². The van der Waals surface area contributed by atoms with Gasteiger partial charge in [0.1, 0.15) is 12.2 Å². The standard InChI is InChI=1S/C16H31NO8/c1-4-22-15-8(3)13(21)14(10(6-19)24-15)25-16-11(17)12(20)7(2)9(5-18)23-16/h7-16,18-21H,4-6,17H2,1-3H3. The lowest BCUT2D eigenvalue weighted by molar-refractivity contribution is -0.332. The van der Waals surface area contributed by atoms with E-state index in [1.807, 2.05) is 6.92 Å². The van der Waals surface area contributed by atoms with Gasteiger partial charge in [-0.05, 0) is 6.92 Å². The number of hydrogen-bond donors (Lipinski definition) is 5. The van der Waals surface area contributed by atoms with E-state index in [2.05, 4.69) is 0 Å². The second-order valence-electron chi connectivity index (χ2n) is 6.78. The zero-order valence-electron chi connectivity index (χ0n) is 14.9. The number of aliphatic hydroxyl groups excluding tert-OH is 4. The van der Waals surface area contributed by atoms with Crippen molar-refractivity contribution < 1.29 is 39.4 Å². The van der Waals surface area contributed by atoms with Crippen LogP contribution in [0.3, 0.4) is 0 Å². The Morgan fingerprint density at radius 3 is 2.08 bits per heavy atom. The predicted octanol–water partition coefficient (Wildman–Crippen LogP) is -1.84. The van der Waals surface area contributed by atoms with Gasteiger partial charge >= 0.3 is 0 Å². The van der Waals surface area contributed by atoms with Gasteiger partial charge in [-0.15, -0.1) is 0 Å². The molecule has 0 radical (unpaired) electrons. The summed E-state index contributed by atoms with van der Waals surface area (Å²) in [6.45, 7) is 5.02. The minimum Gasteiger partial charge on any atom is -0.394 e. The molecule has 0 aromatic carbocycles. The quantitative estimate of drug-likeness (QED) is 0.367. The summed E-state index contributed by atoms with van der Waals surface area (Å²) in [5.41, 5.74) is 6.00. The summed E-state index contributed by atoms with van der Waals surface area (Å²) >= 11 is 0. The minimum absolute atomic E-state index is 0.291. The second-order valence-corrected chi connectivity index (χ2v) is 6.78. The SMILES string of the molecule is CCOC1OC(CO)C(OC2OC(CO)C(C)C(O)C2N)C(O)C1C. The Balaban J connectivity index is 2.11. The summed E-state index contributed by atoms with van der Waals surface area (Å²) in [6, 6.07) is -0.857. The summed E-state index contributed by atoms with van der Waals surface area (Å²) < 4.78 is 22.6. The van der Waals surface area contributed by atoms with Crippen LogP contribution in [0.5, 0.6) is 0 Å². The number of nitrogens with two attached hydrogens (primary N) is 1. The van der Waals surface area contributed by atoms with Crippen molar-refractivity contribution in [2.24, 2.45) is 17.6 Å². The Bertz CT molecular complexity index is 410. The van der Waals surface area contributed by atoms with Crippen LogP contribution in [0, 0.1) is 11.8 Å². The van der Waals surface area contributed by atoms with Gasteiger partial charge in [-0.1, -0.05) is 13.8 Å². The van der Waals surface area contributed by atoms with Gasteiger partial charge in [0.2, 0.25) is 0 Å². The Kier molecular flexibility index (Phi) is 7.56. The number of ether oxygens (including phenoxy) is 4. The highest BCUT2D eigenvalue weighted by molar-refractivity contribution is 4.93. The summed E-state index contributed by atoms with van der Waals surface area (Å²) in [5.74, 6) is -0.757. The first kappa shape index (κ1) is 20.9. The highest BCUT2D eigenvalue weighted by Gasteiger charge is 2.48. The van der Waals surface area contributed by atoms with Crippen LogP contribution in [0.1, 0.15) is 20.8 Å². The first-order valence-electron chi connectivity index (χ1n) is 8.77. The van der Waals surface area contributed by atoms with E-state index in [0.29, 0.717) is 6.61 Å². The van der Waals surface area contributed by atoms with Crippen LogP contribution in [0.15, 0.2) is 0 Å². The smallest absolute Gasteiger partial charge is 0.176 e. The molecule has 10 atom stereocenters. The maximum absolute atomic E-state index is 10.6. The highest BCUT2D eigenvalue weighted by Crippen LogP contribution is 2.32. The summed E-state index contributed by atoms with van der Waals surface area (Å²) in [6.07, 6.45) is -6.00. The molecule has 0 aromatic heterocycles. The largest absolute Gasteiger partial charge is 0.394 e. The molecule has 148 valence electrons. The zero-order valence-corrected chi connectivity index (χ0v) is 14.9. The molecule has 6 N–H and O–H groups in total. The third kappa shape index (κ3) is 4.32. The number of rotatable bonds is 6. The van der Waals surface area contributed by atoms with E-state index in [9.17, 15) is 20.4 Å². The van der Waals surface area contributed by atoms with E-state index in [-0.39, 0.29) is 19.1 Å². The Labute approximate surface area is 147 Å². The Morgan fingerprint density at radius 1 is 0.920 bits per heavy atom. The Morgan fingerprint density at radius 2 is 1.52 bits per heavy atom. The lowest BCUT2D eigenvalue weighted by Gasteiger charge is -2.47. The molecule has 2 rings (SSSR count). The van der Waals surface area contributed by atoms with E-state index >= 15 is 0 Å². The van der Waals surface area contributed by atoms with Crippen molar-refractivity contribution in [2.45, 2.75) is 69.9 Å². The fraction of sp³-hybridized carbons (Fsp3) is 1.00. The van der Waals surface area contributed by atoms with E-state index in [1.54, 1.807) is 13.8 Å². The fourth-order valence-electron chi connectivity index (χ4n) is 3.33. The molecular weight excluding hydrogens is 334 g/mol. The molecule has 2 aliphatic heterocycles. The molecule has 2 heterocycles. The Hall–Kier alpha value is -0.360. The van der Waals surface area contributed by atoms with Crippen molar-refractivity contribution in [3.63, 3.8) is 0 Å². The van der Waals surface area contributed by atoms with Gasteiger partial charge in [-0.25, -0.2) is 0 Å². The first-order chi connectivity index (χ1) is 11.8. The molecule has 0 amide bonds. The summed E-state index contributed by atoms with van der Waals surface area (Å²) in [4.78, 5) is 0. The first-order valence-corrected chi connectivity index (χ1v) is 8.77. The van der Waals surface area contributed by atoms with Crippen molar-refractivity contribution in [3.05, 3.63) is 0 Å². The van der Waals surface area contributed by atoms with Crippen molar-refractivity contribution in [1.29, 1.82) is 0 Å². The molecule has 2 fully saturated rings. The number of aliphatic hydroxyl groups is 4. The molecule has 0 saturated carbocycles. The van der Waals surface area contributed by atoms with Gasteiger partial charge in [0.25, 0.3) is 0 Å². The van der Waals surface area contributed by atoms with E-state index in [4.69, 9.17) is 24.7 Å². The topological polar surface area (TPSA) is 144 Å². The minimum atomic E-state index is -1.04. The van der Waals surface area contributed by atoms with Gasteiger partial charge in [0.05, 0.1) is 37.6 Å². The average Bonchev–Trinajstić information content (AvgIpc) is 2.61. The maximum Gasteiger partial charge on any atom is 0.176 e. The van der Waals surface area contributed by atoms with Crippen LogP contribution >= 0.6 is 0 Å². The van der Waals surface area contributed by atoms with E-state index in [0.717, 1.165) is 0 Å². The van der Waals surface area contributed by atoms with Gasteiger partial charge < -0.3 is 45.1 Å². The molecule has 0 bridgehead atoms. The van der Waals surface area contributed by atoms with Gasteiger partial charge in [-0.3, -0.25) is 0 Å². The van der Waals surface area contributed by atoms with Crippen LogP contribution in [0.4, 0.5) is 0 Å². The lowest BCUT2D eigenvalue weighted by Crippen LogP contribution is -2.63. The van der Waals surface area contributed by atoms with E-state index < -0.39 is 55.1 Å². The predicted molar refractivity (Wildman–Crippen MR) is 86.3 cm³/mol. The number of hydrogen-bond acceptors (Lipinski definition) is 9. The van der Waals surface area contributed by atoms with Crippen molar-refractivity contribution >= 4 is 0 Å². The molecular formula is C16H31NO8. The van der Waals surface area contributed by atoms with Crippen LogP contribution in [0.25, 0.3) is 0 Å². The molecule has 10 unspecified atom stereocenters. The van der Waals surface area contributed by atoms with Gasteiger partial charge in [0.15, 0.2) is 12.6 Å². The third-order valence-corrected chi connectivity index (χ3v) is 5.10. The van der Waals surface area contributed by atoms with Crippen LogP contribution in [-0.4, -0.2) is 89.4 Å². The third-order valence-electron chi connectivity index (χ3n) is 5.10. The second kappa shape index (κ2) is 9.03. The van der Waals surface area contributed by atoms with Crippen LogP contribution < -0.4 is 5.73 Å². The zero-order chi connectivity index (χ0) is 18.7. The molecule has 0 spiro atoms. The van der Waals surface area contributed by atoms with Crippen LogP contribution in [-0.2, 0) is 18.9 Å².